The third-order valence-electron chi connectivity index (χ3n) is 8.28. The van der Waals surface area contributed by atoms with Crippen molar-refractivity contribution >= 4 is 43.6 Å². The van der Waals surface area contributed by atoms with Gasteiger partial charge in [0.15, 0.2) is 5.82 Å². The van der Waals surface area contributed by atoms with Gasteiger partial charge < -0.3 is 0 Å². The average molecular weight is 565 g/mol. The Balaban J connectivity index is 1.50. The minimum absolute atomic E-state index is 0.569. The second-order valence-corrected chi connectivity index (χ2v) is 10.7. The number of aromatic nitrogens is 6. The summed E-state index contributed by atoms with van der Waals surface area (Å²) in [5, 5.41) is 4.62. The van der Waals surface area contributed by atoms with Crippen molar-refractivity contribution in [2.45, 2.75) is 0 Å². The Hall–Kier alpha value is -6.14. The van der Waals surface area contributed by atoms with Crippen molar-refractivity contribution in [1.82, 2.24) is 29.1 Å². The molecule has 0 saturated carbocycles. The van der Waals surface area contributed by atoms with E-state index in [0.717, 1.165) is 66.4 Å². The molecule has 0 atom stereocenters. The fraction of sp³-hybridized carbons (Fsp3) is 0. The monoisotopic (exact) mass is 564 g/mol. The molecule has 6 nitrogen and oxygen atoms in total. The third kappa shape index (κ3) is 3.61. The Bertz CT molecular complexity index is 2390. The lowest BCUT2D eigenvalue weighted by molar-refractivity contribution is 0.950. The zero-order valence-electron chi connectivity index (χ0n) is 23.5. The van der Waals surface area contributed by atoms with Gasteiger partial charge in [-0.2, -0.15) is 4.98 Å². The molecular formula is C38H24N6. The number of pyridine rings is 2. The highest BCUT2D eigenvalue weighted by molar-refractivity contribution is 6.10. The summed E-state index contributed by atoms with van der Waals surface area (Å²) in [5.74, 6) is 1.31. The predicted octanol–water partition coefficient (Wildman–Crippen LogP) is 8.79. The summed E-state index contributed by atoms with van der Waals surface area (Å²) in [7, 11) is 0. The predicted molar refractivity (Wildman–Crippen MR) is 177 cm³/mol. The quantitative estimate of drug-likeness (QED) is 0.214. The van der Waals surface area contributed by atoms with Gasteiger partial charge in [-0.3, -0.25) is 19.1 Å². The first kappa shape index (κ1) is 24.5. The second kappa shape index (κ2) is 9.71. The molecule has 0 spiro atoms. The van der Waals surface area contributed by atoms with Gasteiger partial charge in [-0.25, -0.2) is 4.98 Å². The van der Waals surface area contributed by atoms with Crippen LogP contribution < -0.4 is 0 Å². The molecule has 0 N–H and O–H groups in total. The fourth-order valence-electron chi connectivity index (χ4n) is 6.42. The van der Waals surface area contributed by atoms with Crippen LogP contribution in [0.25, 0.3) is 78.0 Å². The topological polar surface area (TPSA) is 61.4 Å². The molecule has 6 heteroatoms. The maximum atomic E-state index is 5.47. The zero-order chi connectivity index (χ0) is 29.0. The van der Waals surface area contributed by atoms with E-state index in [1.807, 2.05) is 42.6 Å². The van der Waals surface area contributed by atoms with Crippen molar-refractivity contribution in [3.05, 3.63) is 146 Å². The van der Waals surface area contributed by atoms with Gasteiger partial charge in [0.25, 0.3) is 0 Å². The number of hydrogen-bond acceptors (Lipinski definition) is 4. The average Bonchev–Trinajstić information content (AvgIpc) is 3.62. The van der Waals surface area contributed by atoms with Gasteiger partial charge in [0.1, 0.15) is 5.69 Å². The number of para-hydroxylation sites is 4. The molecule has 0 aliphatic carbocycles. The number of fused-ring (bicyclic) bond motifs is 6. The molecule has 9 aromatic rings. The highest BCUT2D eigenvalue weighted by atomic mass is 15.2. The van der Waals surface area contributed by atoms with Gasteiger partial charge in [-0.15, -0.1) is 0 Å². The van der Waals surface area contributed by atoms with E-state index in [2.05, 4.69) is 106 Å². The van der Waals surface area contributed by atoms with Gasteiger partial charge in [0.05, 0.1) is 39.0 Å². The Kier molecular flexibility index (Phi) is 5.40. The van der Waals surface area contributed by atoms with Crippen molar-refractivity contribution in [2.75, 3.05) is 0 Å². The van der Waals surface area contributed by atoms with E-state index in [4.69, 9.17) is 19.9 Å². The molecule has 0 aliphatic heterocycles. The third-order valence-corrected chi connectivity index (χ3v) is 8.28. The summed E-state index contributed by atoms with van der Waals surface area (Å²) in [6.45, 7) is 0. The molecule has 0 saturated heterocycles. The minimum Gasteiger partial charge on any atom is -0.293 e. The lowest BCUT2D eigenvalue weighted by Gasteiger charge is -2.18. The largest absolute Gasteiger partial charge is 0.293 e. The van der Waals surface area contributed by atoms with Gasteiger partial charge in [-0.05, 0) is 48.5 Å². The Morgan fingerprint density at radius 3 is 1.30 bits per heavy atom. The summed E-state index contributed by atoms with van der Waals surface area (Å²) in [6.07, 6.45) is 3.62. The summed E-state index contributed by atoms with van der Waals surface area (Å²) in [4.78, 5) is 20.4. The van der Waals surface area contributed by atoms with Crippen LogP contribution >= 0.6 is 0 Å². The van der Waals surface area contributed by atoms with Crippen LogP contribution in [0.2, 0.25) is 0 Å². The molecule has 9 rings (SSSR count). The molecule has 44 heavy (non-hydrogen) atoms. The van der Waals surface area contributed by atoms with Crippen molar-refractivity contribution in [2.24, 2.45) is 0 Å². The maximum Gasteiger partial charge on any atom is 0.237 e. The highest BCUT2D eigenvalue weighted by Gasteiger charge is 2.25. The molecule has 5 aromatic heterocycles. The van der Waals surface area contributed by atoms with Crippen molar-refractivity contribution in [3.63, 3.8) is 0 Å². The molecule has 4 aromatic carbocycles. The first-order valence-corrected chi connectivity index (χ1v) is 14.6. The Morgan fingerprint density at radius 1 is 0.386 bits per heavy atom. The molecule has 0 unspecified atom stereocenters. The van der Waals surface area contributed by atoms with Crippen molar-refractivity contribution in [1.29, 1.82) is 0 Å². The van der Waals surface area contributed by atoms with Crippen LogP contribution in [0.4, 0.5) is 0 Å². The number of hydrogen-bond donors (Lipinski definition) is 0. The standard InChI is InChI=1S/C38H24N6/c1-5-19-31-25(13-1)26-14-2-6-20-32(26)43(31)37-35(29-17-9-11-23-39-29)36(30-18-10-12-24-40-30)41-38(42-37)44-33-21-7-3-15-27(33)28-16-4-8-22-34(28)44/h1-24H. The van der Waals surface area contributed by atoms with Crippen LogP contribution in [0.15, 0.2) is 146 Å². The number of benzene rings is 4. The first-order chi connectivity index (χ1) is 21.9. The van der Waals surface area contributed by atoms with Crippen LogP contribution in [0.3, 0.4) is 0 Å². The molecule has 0 bridgehead atoms. The molecular weight excluding hydrogens is 540 g/mol. The van der Waals surface area contributed by atoms with Gasteiger partial charge in [0.2, 0.25) is 5.95 Å². The highest BCUT2D eigenvalue weighted by Crippen LogP contribution is 2.40. The van der Waals surface area contributed by atoms with E-state index in [0.29, 0.717) is 11.6 Å². The lowest BCUT2D eigenvalue weighted by Crippen LogP contribution is -2.11. The van der Waals surface area contributed by atoms with Crippen molar-refractivity contribution < 1.29 is 0 Å². The van der Waals surface area contributed by atoms with Crippen LogP contribution in [-0.4, -0.2) is 29.1 Å². The van der Waals surface area contributed by atoms with E-state index in [9.17, 15) is 0 Å². The van der Waals surface area contributed by atoms with Crippen LogP contribution in [0, 0.1) is 0 Å². The van der Waals surface area contributed by atoms with Crippen LogP contribution in [-0.2, 0) is 0 Å². The Morgan fingerprint density at radius 2 is 0.818 bits per heavy atom. The first-order valence-electron chi connectivity index (χ1n) is 14.6. The summed E-state index contributed by atoms with van der Waals surface area (Å²) < 4.78 is 4.41. The zero-order valence-corrected chi connectivity index (χ0v) is 23.5. The fourth-order valence-corrected chi connectivity index (χ4v) is 6.42. The van der Waals surface area contributed by atoms with E-state index in [1.54, 1.807) is 6.20 Å². The smallest absolute Gasteiger partial charge is 0.237 e. The van der Waals surface area contributed by atoms with Gasteiger partial charge in [-0.1, -0.05) is 84.9 Å². The lowest BCUT2D eigenvalue weighted by atomic mass is 10.1. The van der Waals surface area contributed by atoms with Gasteiger partial charge in [0, 0.05) is 33.9 Å². The van der Waals surface area contributed by atoms with Crippen LogP contribution in [0.5, 0.6) is 0 Å². The SMILES string of the molecule is c1ccc(-c2nc(-n3c4ccccc4c4ccccc43)nc(-n3c4ccccc4c4ccccc43)c2-c2ccccn2)nc1. The van der Waals surface area contributed by atoms with Crippen molar-refractivity contribution in [3.8, 4) is 34.4 Å². The Labute approximate surface area is 252 Å². The molecule has 0 amide bonds. The van der Waals surface area contributed by atoms with E-state index < -0.39 is 0 Å². The summed E-state index contributed by atoms with van der Waals surface area (Å²) in [6, 6.07) is 45.7. The van der Waals surface area contributed by atoms with E-state index >= 15 is 0 Å². The second-order valence-electron chi connectivity index (χ2n) is 10.7. The number of rotatable bonds is 4. The molecule has 0 fully saturated rings. The van der Waals surface area contributed by atoms with E-state index in [-0.39, 0.29) is 0 Å². The van der Waals surface area contributed by atoms with Gasteiger partial charge >= 0.3 is 0 Å². The van der Waals surface area contributed by atoms with E-state index in [1.165, 1.54) is 0 Å². The maximum absolute atomic E-state index is 5.47. The molecule has 5 heterocycles. The summed E-state index contributed by atoms with van der Waals surface area (Å²) in [5.41, 5.74) is 7.26. The molecule has 206 valence electrons. The summed E-state index contributed by atoms with van der Waals surface area (Å²) >= 11 is 0. The normalized spacial score (nSPS) is 11.6. The minimum atomic E-state index is 0.569. The molecule has 0 aliphatic rings. The molecule has 0 radical (unpaired) electrons. The number of nitrogens with zero attached hydrogens (tertiary/aromatic N) is 6. The van der Waals surface area contributed by atoms with Crippen LogP contribution in [0.1, 0.15) is 0 Å².